The minimum absolute atomic E-state index is 0.233. The highest BCUT2D eigenvalue weighted by atomic mass is 16.5. The maximum absolute atomic E-state index is 12.7. The summed E-state index contributed by atoms with van der Waals surface area (Å²) in [5.74, 6) is 2.34. The molecule has 1 fully saturated rings. The van der Waals surface area contributed by atoms with E-state index in [-0.39, 0.29) is 12.5 Å². The van der Waals surface area contributed by atoms with Gasteiger partial charge < -0.3 is 19.7 Å². The maximum Gasteiger partial charge on any atom is 0.255 e. The largest absolute Gasteiger partial charge is 0.457 e. The first-order chi connectivity index (χ1) is 14.3. The van der Waals surface area contributed by atoms with Crippen LogP contribution in [-0.2, 0) is 11.3 Å². The fourth-order valence-electron chi connectivity index (χ4n) is 3.06. The molecule has 1 aliphatic heterocycles. The molecule has 1 amide bonds. The van der Waals surface area contributed by atoms with Crippen molar-refractivity contribution in [3.63, 3.8) is 0 Å². The molecule has 148 valence electrons. The standard InChI is InChI=1S/C22H22N4O3/c27-22(18-8-4-5-9-19(18)29-17-6-2-1-3-7-17)24-16-20-23-11-10-21(25-20)26-12-14-28-15-13-26/h1-11H,12-16H2,(H,24,27). The van der Waals surface area contributed by atoms with Gasteiger partial charge in [-0.25, -0.2) is 9.97 Å². The predicted octanol–water partition coefficient (Wildman–Crippen LogP) is 3.04. The molecule has 1 saturated heterocycles. The number of amides is 1. The zero-order chi connectivity index (χ0) is 19.9. The zero-order valence-corrected chi connectivity index (χ0v) is 16.0. The Labute approximate surface area is 169 Å². The highest BCUT2D eigenvalue weighted by molar-refractivity contribution is 5.96. The molecule has 0 spiro atoms. The van der Waals surface area contributed by atoms with Crippen molar-refractivity contribution >= 4 is 11.7 Å². The summed E-state index contributed by atoms with van der Waals surface area (Å²) in [5, 5.41) is 2.88. The maximum atomic E-state index is 12.7. The summed E-state index contributed by atoms with van der Waals surface area (Å²) in [4.78, 5) is 23.7. The molecule has 7 heteroatoms. The molecule has 2 aromatic carbocycles. The summed E-state index contributed by atoms with van der Waals surface area (Å²) in [5.41, 5.74) is 0.459. The van der Waals surface area contributed by atoms with Crippen molar-refractivity contribution < 1.29 is 14.3 Å². The second kappa shape index (κ2) is 9.16. The number of anilines is 1. The Kier molecular flexibility index (Phi) is 5.97. The Morgan fingerprint density at radius 3 is 2.62 bits per heavy atom. The van der Waals surface area contributed by atoms with E-state index in [4.69, 9.17) is 9.47 Å². The molecule has 0 radical (unpaired) electrons. The van der Waals surface area contributed by atoms with Gasteiger partial charge in [0.15, 0.2) is 0 Å². The van der Waals surface area contributed by atoms with Crippen LogP contribution in [-0.4, -0.2) is 42.2 Å². The molecule has 1 N–H and O–H groups in total. The van der Waals surface area contributed by atoms with Crippen molar-refractivity contribution in [1.29, 1.82) is 0 Å². The van der Waals surface area contributed by atoms with Crippen LogP contribution in [0.25, 0.3) is 0 Å². The van der Waals surface area contributed by atoms with E-state index in [9.17, 15) is 4.79 Å². The fourth-order valence-corrected chi connectivity index (χ4v) is 3.06. The van der Waals surface area contributed by atoms with Crippen LogP contribution < -0.4 is 15.0 Å². The van der Waals surface area contributed by atoms with Gasteiger partial charge in [0.2, 0.25) is 0 Å². The molecule has 0 atom stereocenters. The van der Waals surface area contributed by atoms with Crippen molar-refractivity contribution in [3.05, 3.63) is 78.2 Å². The van der Waals surface area contributed by atoms with Gasteiger partial charge in [-0.2, -0.15) is 0 Å². The lowest BCUT2D eigenvalue weighted by atomic mass is 10.2. The van der Waals surface area contributed by atoms with Crippen molar-refractivity contribution in [2.45, 2.75) is 6.54 Å². The lowest BCUT2D eigenvalue weighted by Gasteiger charge is -2.27. The first kappa shape index (κ1) is 18.9. The second-order valence-electron chi connectivity index (χ2n) is 6.52. The van der Waals surface area contributed by atoms with Gasteiger partial charge in [0.25, 0.3) is 5.91 Å². The molecule has 4 rings (SSSR count). The van der Waals surface area contributed by atoms with E-state index in [1.807, 2.05) is 48.5 Å². The highest BCUT2D eigenvalue weighted by Gasteiger charge is 2.15. The number of nitrogens with zero attached hydrogens (tertiary/aromatic N) is 3. The van der Waals surface area contributed by atoms with Crippen LogP contribution in [0.2, 0.25) is 0 Å². The summed E-state index contributed by atoms with van der Waals surface area (Å²) in [6.45, 7) is 3.21. The normalized spacial score (nSPS) is 13.7. The number of para-hydroxylation sites is 2. The third kappa shape index (κ3) is 4.89. The van der Waals surface area contributed by atoms with Gasteiger partial charge in [0.1, 0.15) is 23.1 Å². The quantitative estimate of drug-likeness (QED) is 0.697. The third-order valence-electron chi connectivity index (χ3n) is 4.54. The molecular weight excluding hydrogens is 368 g/mol. The minimum Gasteiger partial charge on any atom is -0.457 e. The Hall–Kier alpha value is -3.45. The Morgan fingerprint density at radius 1 is 1.03 bits per heavy atom. The third-order valence-corrected chi connectivity index (χ3v) is 4.54. The molecule has 2 heterocycles. The van der Waals surface area contributed by atoms with Crippen LogP contribution >= 0.6 is 0 Å². The van der Waals surface area contributed by atoms with Gasteiger partial charge in [-0.15, -0.1) is 0 Å². The zero-order valence-electron chi connectivity index (χ0n) is 16.0. The van der Waals surface area contributed by atoms with E-state index < -0.39 is 0 Å². The summed E-state index contributed by atoms with van der Waals surface area (Å²) in [6, 6.07) is 18.4. The van der Waals surface area contributed by atoms with Crippen molar-refractivity contribution in [2.24, 2.45) is 0 Å². The molecule has 7 nitrogen and oxygen atoms in total. The number of carbonyl (C=O) groups is 1. The summed E-state index contributed by atoms with van der Waals surface area (Å²) in [6.07, 6.45) is 1.71. The number of carbonyl (C=O) groups excluding carboxylic acids is 1. The number of nitrogens with one attached hydrogen (secondary N) is 1. The summed E-state index contributed by atoms with van der Waals surface area (Å²) < 4.78 is 11.2. The van der Waals surface area contributed by atoms with E-state index in [0.29, 0.717) is 36.1 Å². The summed E-state index contributed by atoms with van der Waals surface area (Å²) in [7, 11) is 0. The SMILES string of the molecule is O=C(NCc1nccc(N2CCOCC2)n1)c1ccccc1Oc1ccccc1. The van der Waals surface area contributed by atoms with Crippen LogP contribution in [0.15, 0.2) is 66.9 Å². The van der Waals surface area contributed by atoms with Gasteiger partial charge in [-0.05, 0) is 30.3 Å². The first-order valence-corrected chi connectivity index (χ1v) is 9.54. The molecule has 0 bridgehead atoms. The van der Waals surface area contributed by atoms with E-state index in [0.717, 1.165) is 18.9 Å². The van der Waals surface area contributed by atoms with E-state index in [1.165, 1.54) is 0 Å². The van der Waals surface area contributed by atoms with Gasteiger partial charge in [0, 0.05) is 19.3 Å². The molecule has 0 aliphatic carbocycles. The second-order valence-corrected chi connectivity index (χ2v) is 6.52. The summed E-state index contributed by atoms with van der Waals surface area (Å²) >= 11 is 0. The lowest BCUT2D eigenvalue weighted by molar-refractivity contribution is 0.0947. The highest BCUT2D eigenvalue weighted by Crippen LogP contribution is 2.25. The molecule has 1 aliphatic rings. The van der Waals surface area contributed by atoms with Crippen molar-refractivity contribution in [1.82, 2.24) is 15.3 Å². The smallest absolute Gasteiger partial charge is 0.255 e. The number of hydrogen-bond donors (Lipinski definition) is 1. The van der Waals surface area contributed by atoms with Gasteiger partial charge in [-0.1, -0.05) is 30.3 Å². The number of aromatic nitrogens is 2. The van der Waals surface area contributed by atoms with E-state index in [1.54, 1.807) is 18.3 Å². The first-order valence-electron chi connectivity index (χ1n) is 9.54. The molecule has 1 aromatic heterocycles. The average molecular weight is 390 g/mol. The molecule has 0 unspecified atom stereocenters. The number of rotatable bonds is 6. The van der Waals surface area contributed by atoms with Crippen LogP contribution in [0.3, 0.4) is 0 Å². The van der Waals surface area contributed by atoms with Crippen LogP contribution in [0.1, 0.15) is 16.2 Å². The Balaban J connectivity index is 1.43. The minimum atomic E-state index is -0.239. The number of morpholine rings is 1. The number of hydrogen-bond acceptors (Lipinski definition) is 6. The topological polar surface area (TPSA) is 76.6 Å². The van der Waals surface area contributed by atoms with Crippen LogP contribution in [0.5, 0.6) is 11.5 Å². The Morgan fingerprint density at radius 2 is 1.79 bits per heavy atom. The molecule has 0 saturated carbocycles. The van der Waals surface area contributed by atoms with Crippen LogP contribution in [0.4, 0.5) is 5.82 Å². The fraction of sp³-hybridized carbons (Fsp3) is 0.227. The Bertz CT molecular complexity index is 959. The van der Waals surface area contributed by atoms with Gasteiger partial charge >= 0.3 is 0 Å². The predicted molar refractivity (Wildman–Crippen MR) is 109 cm³/mol. The monoisotopic (exact) mass is 390 g/mol. The van der Waals surface area contributed by atoms with Crippen LogP contribution in [0, 0.1) is 0 Å². The average Bonchev–Trinajstić information content (AvgIpc) is 2.79. The number of ether oxygens (including phenoxy) is 2. The number of benzene rings is 2. The molecule has 29 heavy (non-hydrogen) atoms. The molecule has 3 aromatic rings. The van der Waals surface area contributed by atoms with Crippen molar-refractivity contribution in [3.8, 4) is 11.5 Å². The van der Waals surface area contributed by atoms with Gasteiger partial charge in [0.05, 0.1) is 25.3 Å². The lowest BCUT2D eigenvalue weighted by Crippen LogP contribution is -2.37. The van der Waals surface area contributed by atoms with E-state index >= 15 is 0 Å². The van der Waals surface area contributed by atoms with Crippen molar-refractivity contribution in [2.75, 3.05) is 31.2 Å². The van der Waals surface area contributed by atoms with Gasteiger partial charge in [-0.3, -0.25) is 4.79 Å². The molecular formula is C22H22N4O3. The van der Waals surface area contributed by atoms with E-state index in [2.05, 4.69) is 20.2 Å².